The number of thioether (sulfide) groups is 1. The van der Waals surface area contributed by atoms with Gasteiger partial charge in [0.15, 0.2) is 5.16 Å². The Bertz CT molecular complexity index is 1640. The summed E-state index contributed by atoms with van der Waals surface area (Å²) in [5, 5.41) is 1.63. The molecule has 192 valence electrons. The third-order valence-corrected chi connectivity index (χ3v) is 9.43. The number of aromatic nitrogens is 2. The van der Waals surface area contributed by atoms with E-state index >= 15 is 0 Å². The molecular formula is C32H31N3OS2. The molecule has 0 atom stereocenters. The lowest BCUT2D eigenvalue weighted by molar-refractivity contribution is 0.249. The molecule has 2 aromatic heterocycles. The van der Waals surface area contributed by atoms with Gasteiger partial charge in [0.1, 0.15) is 4.83 Å². The molecule has 5 aromatic rings. The summed E-state index contributed by atoms with van der Waals surface area (Å²) in [6, 6.07) is 27.4. The van der Waals surface area contributed by atoms with Gasteiger partial charge in [-0.1, -0.05) is 96.2 Å². The lowest BCUT2D eigenvalue weighted by Gasteiger charge is -2.26. The van der Waals surface area contributed by atoms with Crippen molar-refractivity contribution in [2.24, 2.45) is 0 Å². The van der Waals surface area contributed by atoms with Crippen LogP contribution >= 0.6 is 23.1 Å². The molecule has 0 amide bonds. The molecule has 6 heteroatoms. The highest BCUT2D eigenvalue weighted by Gasteiger charge is 2.25. The monoisotopic (exact) mass is 537 g/mol. The van der Waals surface area contributed by atoms with Crippen LogP contribution in [0.3, 0.4) is 0 Å². The van der Waals surface area contributed by atoms with Crippen LogP contribution in [-0.4, -0.2) is 21.0 Å². The molecule has 0 spiro atoms. The van der Waals surface area contributed by atoms with E-state index < -0.39 is 0 Å². The van der Waals surface area contributed by atoms with E-state index in [-0.39, 0.29) is 5.56 Å². The highest BCUT2D eigenvalue weighted by molar-refractivity contribution is 7.98. The van der Waals surface area contributed by atoms with Gasteiger partial charge in [-0.15, -0.1) is 11.3 Å². The summed E-state index contributed by atoms with van der Waals surface area (Å²) >= 11 is 3.37. The van der Waals surface area contributed by atoms with Gasteiger partial charge >= 0.3 is 0 Å². The second-order valence-electron chi connectivity index (χ2n) is 10.1. The molecule has 0 N–H and O–H groups in total. The van der Waals surface area contributed by atoms with Crippen molar-refractivity contribution in [3.8, 4) is 0 Å². The molecule has 0 unspecified atom stereocenters. The van der Waals surface area contributed by atoms with Gasteiger partial charge in [-0.3, -0.25) is 14.3 Å². The zero-order valence-electron chi connectivity index (χ0n) is 21.8. The number of nitrogens with zero attached hydrogens (tertiary/aromatic N) is 3. The predicted molar refractivity (Wildman–Crippen MR) is 159 cm³/mol. The van der Waals surface area contributed by atoms with Crippen LogP contribution in [0.5, 0.6) is 0 Å². The molecule has 0 fully saturated rings. The van der Waals surface area contributed by atoms with Crippen molar-refractivity contribution in [3.63, 3.8) is 0 Å². The van der Waals surface area contributed by atoms with E-state index in [1.54, 1.807) is 23.1 Å². The summed E-state index contributed by atoms with van der Waals surface area (Å²) in [7, 11) is 0. The van der Waals surface area contributed by atoms with Gasteiger partial charge in [-0.25, -0.2) is 4.98 Å². The highest BCUT2D eigenvalue weighted by Crippen LogP contribution is 2.35. The first-order chi connectivity index (χ1) is 18.5. The van der Waals surface area contributed by atoms with Crippen LogP contribution in [0.15, 0.2) is 88.8 Å². The summed E-state index contributed by atoms with van der Waals surface area (Å²) < 4.78 is 1.90. The molecular weight excluding hydrogens is 507 g/mol. The molecule has 4 nitrogen and oxygen atoms in total. The van der Waals surface area contributed by atoms with Crippen molar-refractivity contribution in [1.82, 2.24) is 14.5 Å². The molecule has 0 radical (unpaired) electrons. The number of rotatable bonds is 7. The number of aryl methyl sites for hydroxylation is 2. The summed E-state index contributed by atoms with van der Waals surface area (Å²) in [5.74, 6) is 0.787. The number of fused-ring (bicyclic) bond motifs is 3. The van der Waals surface area contributed by atoms with E-state index in [2.05, 4.69) is 79.4 Å². The van der Waals surface area contributed by atoms with Gasteiger partial charge in [0, 0.05) is 30.3 Å². The van der Waals surface area contributed by atoms with E-state index in [1.165, 1.54) is 32.7 Å². The summed E-state index contributed by atoms with van der Waals surface area (Å²) in [6.07, 6.45) is 0.888. The normalized spacial score (nSPS) is 13.6. The molecule has 3 aromatic carbocycles. The molecule has 6 rings (SSSR count). The Kier molecular flexibility index (Phi) is 7.20. The SMILES string of the molecule is Cc1ccc(CSc2nc3sc4c(c3c(=O)n2Cc2ccccc2)CCN(Cc2ccccc2)C4)c(C)c1. The second-order valence-corrected chi connectivity index (χ2v) is 12.1. The Morgan fingerprint density at radius 3 is 2.34 bits per heavy atom. The average molecular weight is 538 g/mol. The molecule has 3 heterocycles. The van der Waals surface area contributed by atoms with Crippen molar-refractivity contribution in [2.45, 2.75) is 50.8 Å². The number of benzene rings is 3. The standard InChI is InChI=1S/C32H31N3OS2/c1-22-13-14-26(23(2)17-22)21-37-32-33-30-29(31(36)35(32)19-25-11-7-4-8-12-25)27-15-16-34(20-28(27)38-30)18-24-9-5-3-6-10-24/h3-14,17H,15-16,18-21H2,1-2H3. The molecule has 0 saturated carbocycles. The maximum absolute atomic E-state index is 14.1. The zero-order chi connectivity index (χ0) is 26.1. The molecule has 38 heavy (non-hydrogen) atoms. The Balaban J connectivity index is 1.36. The fourth-order valence-corrected chi connectivity index (χ4v) is 7.63. The smallest absolute Gasteiger partial charge is 0.263 e. The quantitative estimate of drug-likeness (QED) is 0.166. The van der Waals surface area contributed by atoms with Crippen LogP contribution in [-0.2, 0) is 31.8 Å². The van der Waals surface area contributed by atoms with Gasteiger partial charge in [0.05, 0.1) is 11.9 Å². The molecule has 0 saturated heterocycles. The van der Waals surface area contributed by atoms with Gasteiger partial charge < -0.3 is 0 Å². The minimum Gasteiger partial charge on any atom is -0.294 e. The van der Waals surface area contributed by atoms with Crippen LogP contribution in [0.25, 0.3) is 10.2 Å². The lowest BCUT2D eigenvalue weighted by atomic mass is 10.0. The van der Waals surface area contributed by atoms with Crippen molar-refractivity contribution >= 4 is 33.3 Å². The average Bonchev–Trinajstić information content (AvgIpc) is 3.29. The van der Waals surface area contributed by atoms with Crippen LogP contribution in [0.4, 0.5) is 0 Å². The van der Waals surface area contributed by atoms with Gasteiger partial charge in [0.2, 0.25) is 0 Å². The van der Waals surface area contributed by atoms with Gasteiger partial charge in [-0.2, -0.15) is 0 Å². The topological polar surface area (TPSA) is 38.1 Å². The molecule has 1 aliphatic heterocycles. The van der Waals surface area contributed by atoms with Crippen LogP contribution in [0.2, 0.25) is 0 Å². The van der Waals surface area contributed by atoms with Crippen molar-refractivity contribution < 1.29 is 0 Å². The van der Waals surface area contributed by atoms with Crippen molar-refractivity contribution in [2.75, 3.05) is 6.54 Å². The Labute approximate surface area is 232 Å². The van der Waals surface area contributed by atoms with E-state index in [0.29, 0.717) is 6.54 Å². The number of hydrogen-bond donors (Lipinski definition) is 0. The Morgan fingerprint density at radius 2 is 1.63 bits per heavy atom. The summed E-state index contributed by atoms with van der Waals surface area (Å²) in [6.45, 7) is 7.56. The fraction of sp³-hybridized carbons (Fsp3) is 0.250. The molecule has 0 bridgehead atoms. The minimum atomic E-state index is 0.0935. The van der Waals surface area contributed by atoms with Gasteiger partial charge in [0.25, 0.3) is 5.56 Å². The summed E-state index contributed by atoms with van der Waals surface area (Å²) in [5.41, 5.74) is 7.56. The minimum absolute atomic E-state index is 0.0935. The highest BCUT2D eigenvalue weighted by atomic mass is 32.2. The first-order valence-electron chi connectivity index (χ1n) is 13.1. The van der Waals surface area contributed by atoms with Crippen LogP contribution in [0.1, 0.15) is 38.3 Å². The first-order valence-corrected chi connectivity index (χ1v) is 14.9. The number of hydrogen-bond acceptors (Lipinski definition) is 5. The van der Waals surface area contributed by atoms with E-state index in [1.807, 2.05) is 22.8 Å². The second kappa shape index (κ2) is 10.9. The zero-order valence-corrected chi connectivity index (χ0v) is 23.4. The maximum Gasteiger partial charge on any atom is 0.263 e. The molecule has 1 aliphatic rings. The maximum atomic E-state index is 14.1. The van der Waals surface area contributed by atoms with E-state index in [4.69, 9.17) is 4.98 Å². The van der Waals surface area contributed by atoms with E-state index in [9.17, 15) is 4.79 Å². The van der Waals surface area contributed by atoms with Crippen LogP contribution in [0, 0.1) is 13.8 Å². The predicted octanol–water partition coefficient (Wildman–Crippen LogP) is 6.97. The largest absolute Gasteiger partial charge is 0.294 e. The Morgan fingerprint density at radius 1 is 0.921 bits per heavy atom. The lowest BCUT2D eigenvalue weighted by Crippen LogP contribution is -2.30. The molecule has 0 aliphatic carbocycles. The Hall–Kier alpha value is -3.19. The number of thiophene rings is 1. The fourth-order valence-electron chi connectivity index (χ4n) is 5.25. The van der Waals surface area contributed by atoms with E-state index in [0.717, 1.165) is 52.7 Å². The summed E-state index contributed by atoms with van der Waals surface area (Å²) in [4.78, 5) is 23.9. The van der Waals surface area contributed by atoms with Crippen LogP contribution < -0.4 is 5.56 Å². The van der Waals surface area contributed by atoms with Crippen molar-refractivity contribution in [1.29, 1.82) is 0 Å². The van der Waals surface area contributed by atoms with Crippen molar-refractivity contribution in [3.05, 3.63) is 127 Å². The first kappa shape index (κ1) is 25.1. The third-order valence-electron chi connectivity index (χ3n) is 7.29. The van der Waals surface area contributed by atoms with Gasteiger partial charge in [-0.05, 0) is 48.1 Å². The third kappa shape index (κ3) is 5.21.